The predicted octanol–water partition coefficient (Wildman–Crippen LogP) is 3.21. The molecule has 2 aliphatic heterocycles. The second-order valence-corrected chi connectivity index (χ2v) is 10.1. The number of imide groups is 1. The van der Waals surface area contributed by atoms with Crippen LogP contribution in [0.1, 0.15) is 23.7 Å². The Labute approximate surface area is 215 Å². The van der Waals surface area contributed by atoms with Gasteiger partial charge in [0, 0.05) is 44.5 Å². The predicted molar refractivity (Wildman–Crippen MR) is 137 cm³/mol. The lowest BCUT2D eigenvalue weighted by Crippen LogP contribution is -2.48. The highest BCUT2D eigenvalue weighted by Crippen LogP contribution is 2.30. The van der Waals surface area contributed by atoms with Crippen molar-refractivity contribution in [2.75, 3.05) is 46.6 Å². The van der Waals surface area contributed by atoms with Gasteiger partial charge in [0.1, 0.15) is 5.75 Å². The lowest BCUT2D eigenvalue weighted by molar-refractivity contribution is -0.129. The fraction of sp³-hybridized carbons (Fsp3) is 0.462. The van der Waals surface area contributed by atoms with Gasteiger partial charge in [-0.1, -0.05) is 36.9 Å². The minimum atomic E-state index is -0.538. The van der Waals surface area contributed by atoms with E-state index in [1.54, 1.807) is 4.90 Å². The highest BCUT2D eigenvalue weighted by atomic mass is 32.2. The number of thioether (sulfide) groups is 1. The van der Waals surface area contributed by atoms with Crippen LogP contribution in [-0.2, 0) is 28.8 Å². The smallest absolute Gasteiger partial charge is 0.411 e. The summed E-state index contributed by atoms with van der Waals surface area (Å²) in [6, 6.07) is 11.6. The molecule has 1 unspecified atom stereocenters. The SMILES string of the molecule is CCc1ccc(CCOc2ccc(CC3SC(=O)N(COC(=O)N4CCN(C)CC4)C3=O)cc2)nc1. The van der Waals surface area contributed by atoms with E-state index in [1.807, 2.05) is 43.6 Å². The van der Waals surface area contributed by atoms with Crippen LogP contribution in [0.5, 0.6) is 5.75 Å². The molecule has 2 fully saturated rings. The minimum Gasteiger partial charge on any atom is -0.493 e. The average Bonchev–Trinajstić information content (AvgIpc) is 3.16. The topological polar surface area (TPSA) is 92.3 Å². The summed E-state index contributed by atoms with van der Waals surface area (Å²) in [6.45, 7) is 4.94. The van der Waals surface area contributed by atoms with E-state index in [9.17, 15) is 14.4 Å². The van der Waals surface area contributed by atoms with Crippen molar-refractivity contribution >= 4 is 29.0 Å². The fourth-order valence-electron chi connectivity index (χ4n) is 3.97. The Morgan fingerprint density at radius 3 is 2.44 bits per heavy atom. The van der Waals surface area contributed by atoms with Crippen LogP contribution in [0.25, 0.3) is 0 Å². The molecule has 4 rings (SSSR count). The number of ether oxygens (including phenoxy) is 2. The van der Waals surface area contributed by atoms with Crippen molar-refractivity contribution in [2.24, 2.45) is 0 Å². The van der Waals surface area contributed by atoms with Crippen LogP contribution in [0.2, 0.25) is 0 Å². The molecule has 36 heavy (non-hydrogen) atoms. The molecule has 0 saturated carbocycles. The quantitative estimate of drug-likeness (QED) is 0.506. The van der Waals surface area contributed by atoms with E-state index in [-0.39, 0.29) is 12.6 Å². The molecule has 192 valence electrons. The van der Waals surface area contributed by atoms with Crippen molar-refractivity contribution in [3.05, 3.63) is 59.4 Å². The first kappa shape index (κ1) is 26.0. The Bertz CT molecular complexity index is 1060. The largest absolute Gasteiger partial charge is 0.493 e. The molecule has 10 heteroatoms. The van der Waals surface area contributed by atoms with Crippen LogP contribution in [0.4, 0.5) is 9.59 Å². The maximum absolute atomic E-state index is 12.8. The van der Waals surface area contributed by atoms with E-state index in [4.69, 9.17) is 9.47 Å². The average molecular weight is 513 g/mol. The minimum absolute atomic E-state index is 0.335. The van der Waals surface area contributed by atoms with Gasteiger partial charge >= 0.3 is 6.09 Å². The standard InChI is InChI=1S/C26H32N4O5S/c1-3-19-4-7-21(27-17-19)10-15-34-22-8-5-20(6-9-22)16-23-24(31)30(26(33)36-23)18-35-25(32)29-13-11-28(2)12-14-29/h4-9,17,23H,3,10-16,18H2,1-2H3. The molecule has 0 bridgehead atoms. The van der Waals surface area contributed by atoms with Gasteiger partial charge in [0.25, 0.3) is 5.24 Å². The first-order valence-corrected chi connectivity index (χ1v) is 13.1. The van der Waals surface area contributed by atoms with Crippen LogP contribution >= 0.6 is 11.8 Å². The molecule has 2 aromatic rings. The van der Waals surface area contributed by atoms with Crippen LogP contribution in [0.15, 0.2) is 42.6 Å². The van der Waals surface area contributed by atoms with Crippen molar-refractivity contribution in [1.29, 1.82) is 0 Å². The molecule has 0 N–H and O–H groups in total. The first-order chi connectivity index (χ1) is 17.4. The summed E-state index contributed by atoms with van der Waals surface area (Å²) in [7, 11) is 1.99. The van der Waals surface area contributed by atoms with Gasteiger partial charge in [-0.2, -0.15) is 0 Å². The lowest BCUT2D eigenvalue weighted by Gasteiger charge is -2.31. The van der Waals surface area contributed by atoms with Crippen LogP contribution in [-0.4, -0.2) is 88.7 Å². The number of amides is 3. The van der Waals surface area contributed by atoms with Crippen LogP contribution in [0, 0.1) is 0 Å². The Morgan fingerprint density at radius 2 is 1.78 bits per heavy atom. The number of rotatable bonds is 9. The number of aryl methyl sites for hydroxylation is 1. The summed E-state index contributed by atoms with van der Waals surface area (Å²) in [5.74, 6) is 0.404. The number of benzene rings is 1. The van der Waals surface area contributed by atoms with Gasteiger partial charge in [-0.05, 0) is 49.2 Å². The number of hydrogen-bond acceptors (Lipinski definition) is 8. The summed E-state index contributed by atoms with van der Waals surface area (Å²) in [4.78, 5) is 46.6. The second-order valence-electron chi connectivity index (χ2n) is 8.93. The van der Waals surface area contributed by atoms with Crippen molar-refractivity contribution < 1.29 is 23.9 Å². The molecule has 1 aromatic heterocycles. The normalized spacial score (nSPS) is 18.6. The van der Waals surface area contributed by atoms with E-state index in [1.165, 1.54) is 5.56 Å². The van der Waals surface area contributed by atoms with Crippen molar-refractivity contribution in [3.63, 3.8) is 0 Å². The monoisotopic (exact) mass is 512 g/mol. The number of hydrogen-bond donors (Lipinski definition) is 0. The van der Waals surface area contributed by atoms with E-state index in [0.29, 0.717) is 26.1 Å². The number of aromatic nitrogens is 1. The molecule has 1 atom stereocenters. The lowest BCUT2D eigenvalue weighted by atomic mass is 10.1. The zero-order valence-corrected chi connectivity index (χ0v) is 21.5. The fourth-order valence-corrected chi connectivity index (χ4v) is 4.98. The van der Waals surface area contributed by atoms with Gasteiger partial charge in [0.15, 0.2) is 6.73 Å². The Kier molecular flexibility index (Phi) is 8.82. The van der Waals surface area contributed by atoms with Gasteiger partial charge < -0.3 is 19.3 Å². The molecule has 0 spiro atoms. The highest BCUT2D eigenvalue weighted by Gasteiger charge is 2.40. The highest BCUT2D eigenvalue weighted by molar-refractivity contribution is 8.15. The van der Waals surface area contributed by atoms with Gasteiger partial charge in [-0.3, -0.25) is 14.6 Å². The summed E-state index contributed by atoms with van der Waals surface area (Å²) >= 11 is 0.970. The zero-order valence-electron chi connectivity index (χ0n) is 20.7. The summed E-state index contributed by atoms with van der Waals surface area (Å²) < 4.78 is 11.1. The number of piperazine rings is 1. The molecule has 2 aliphatic rings. The van der Waals surface area contributed by atoms with Crippen molar-refractivity contribution in [2.45, 2.75) is 31.4 Å². The number of pyridine rings is 1. The summed E-state index contributed by atoms with van der Waals surface area (Å²) in [6.07, 6.45) is 3.50. The maximum atomic E-state index is 12.8. The molecule has 1 aromatic carbocycles. The Morgan fingerprint density at radius 1 is 1.06 bits per heavy atom. The third-order valence-electron chi connectivity index (χ3n) is 6.35. The Balaban J connectivity index is 1.21. The molecular weight excluding hydrogens is 480 g/mol. The number of nitrogens with zero attached hydrogens (tertiary/aromatic N) is 4. The molecule has 9 nitrogen and oxygen atoms in total. The van der Waals surface area contributed by atoms with Gasteiger partial charge in [-0.25, -0.2) is 9.69 Å². The summed E-state index contributed by atoms with van der Waals surface area (Å²) in [5.41, 5.74) is 3.13. The second kappa shape index (κ2) is 12.2. The third kappa shape index (κ3) is 6.76. The van der Waals surface area contributed by atoms with Crippen molar-refractivity contribution in [1.82, 2.24) is 19.7 Å². The molecule has 0 radical (unpaired) electrons. The van der Waals surface area contributed by atoms with E-state index < -0.39 is 16.6 Å². The summed E-state index contributed by atoms with van der Waals surface area (Å²) in [5, 5.41) is -0.930. The van der Waals surface area contributed by atoms with Gasteiger partial charge in [0.05, 0.1) is 11.9 Å². The molecule has 2 saturated heterocycles. The van der Waals surface area contributed by atoms with E-state index in [0.717, 1.165) is 59.6 Å². The maximum Gasteiger partial charge on any atom is 0.411 e. The van der Waals surface area contributed by atoms with Crippen LogP contribution in [0.3, 0.4) is 0 Å². The number of likely N-dealkylation sites (N-methyl/N-ethyl adjacent to an activating group) is 1. The Hall–Kier alpha value is -3.11. The first-order valence-electron chi connectivity index (χ1n) is 12.2. The van der Waals surface area contributed by atoms with Crippen molar-refractivity contribution in [3.8, 4) is 5.75 Å². The molecule has 3 heterocycles. The van der Waals surface area contributed by atoms with E-state index >= 15 is 0 Å². The number of carbonyl (C=O) groups is 3. The molecule has 0 aliphatic carbocycles. The molecular formula is C26H32N4O5S. The number of carbonyl (C=O) groups excluding carboxylic acids is 3. The van der Waals surface area contributed by atoms with Crippen LogP contribution < -0.4 is 4.74 Å². The van der Waals surface area contributed by atoms with Gasteiger partial charge in [-0.15, -0.1) is 0 Å². The third-order valence-corrected chi connectivity index (χ3v) is 7.42. The molecule has 3 amide bonds. The van der Waals surface area contributed by atoms with Gasteiger partial charge in [0.2, 0.25) is 5.91 Å². The zero-order chi connectivity index (χ0) is 25.5. The van der Waals surface area contributed by atoms with E-state index in [2.05, 4.69) is 22.9 Å².